The van der Waals surface area contributed by atoms with Gasteiger partial charge in [-0.25, -0.2) is 0 Å². The van der Waals surface area contributed by atoms with E-state index in [1.54, 1.807) is 0 Å². The third-order valence-corrected chi connectivity index (χ3v) is 1.57. The Hall–Kier alpha value is -0.920. The van der Waals surface area contributed by atoms with Crippen LogP contribution in [0.5, 0.6) is 5.75 Å². The fourth-order valence-corrected chi connectivity index (χ4v) is 0.898. The Morgan fingerprint density at radius 1 is 1.55 bits per heavy atom. The van der Waals surface area contributed by atoms with Crippen LogP contribution < -0.4 is 4.74 Å². The number of unbranched alkanes of at least 4 members (excludes halogenated alkanes) is 1. The van der Waals surface area contributed by atoms with Gasteiger partial charge in [0, 0.05) is 19.4 Å². The van der Waals surface area contributed by atoms with E-state index in [0.717, 1.165) is 18.8 Å². The fourth-order valence-electron chi connectivity index (χ4n) is 0.898. The minimum absolute atomic E-state index is 0.834. The van der Waals surface area contributed by atoms with Crippen LogP contribution in [0.1, 0.15) is 19.8 Å². The molecule has 0 aliphatic carbocycles. The van der Waals surface area contributed by atoms with Crippen molar-refractivity contribution in [3.8, 4) is 5.75 Å². The van der Waals surface area contributed by atoms with Gasteiger partial charge in [0.15, 0.2) is 0 Å². The minimum Gasteiger partial charge on any atom is -0.492 e. The Morgan fingerprint density at radius 2 is 2.36 bits per heavy atom. The Kier molecular flexibility index (Phi) is 3.02. The second-order valence-electron chi connectivity index (χ2n) is 2.71. The summed E-state index contributed by atoms with van der Waals surface area (Å²) < 4.78 is 7.43. The number of rotatable bonds is 4. The second kappa shape index (κ2) is 4.06. The smallest absolute Gasteiger partial charge is 0.136 e. The number of hydrogen-bond acceptors (Lipinski definition) is 1. The van der Waals surface area contributed by atoms with Gasteiger partial charge in [-0.05, 0) is 12.5 Å². The average molecular weight is 153 g/mol. The third-order valence-electron chi connectivity index (χ3n) is 1.57. The van der Waals surface area contributed by atoms with Crippen LogP contribution in [0.2, 0.25) is 0 Å². The highest BCUT2D eigenvalue weighted by Gasteiger charge is 1.92. The van der Waals surface area contributed by atoms with E-state index in [1.807, 2.05) is 30.1 Å². The SMILES string of the molecule is CCCCOc1ccn(C)c1. The number of aromatic nitrogens is 1. The van der Waals surface area contributed by atoms with Crippen molar-refractivity contribution in [2.45, 2.75) is 19.8 Å². The molecule has 0 saturated carbocycles. The lowest BCUT2D eigenvalue weighted by atomic mass is 10.4. The van der Waals surface area contributed by atoms with Crippen LogP contribution in [0.25, 0.3) is 0 Å². The first kappa shape index (κ1) is 8.18. The van der Waals surface area contributed by atoms with Crippen LogP contribution in [-0.4, -0.2) is 11.2 Å². The lowest BCUT2D eigenvalue weighted by molar-refractivity contribution is 0.309. The summed E-state index contributed by atoms with van der Waals surface area (Å²) >= 11 is 0. The Morgan fingerprint density at radius 3 is 2.91 bits per heavy atom. The van der Waals surface area contributed by atoms with Crippen LogP contribution in [0.3, 0.4) is 0 Å². The Labute approximate surface area is 67.8 Å². The zero-order valence-electron chi connectivity index (χ0n) is 7.21. The summed E-state index contributed by atoms with van der Waals surface area (Å²) in [6.07, 6.45) is 6.29. The summed E-state index contributed by atoms with van der Waals surface area (Å²) in [5.74, 6) is 0.973. The summed E-state index contributed by atoms with van der Waals surface area (Å²) in [6, 6.07) is 1.98. The molecule has 1 aromatic heterocycles. The van der Waals surface area contributed by atoms with E-state index in [4.69, 9.17) is 4.74 Å². The molecule has 0 aromatic carbocycles. The molecule has 0 aliphatic heterocycles. The largest absolute Gasteiger partial charge is 0.492 e. The first-order valence-corrected chi connectivity index (χ1v) is 4.07. The standard InChI is InChI=1S/C9H15NO/c1-3-4-7-11-9-5-6-10(2)8-9/h5-6,8H,3-4,7H2,1-2H3. The van der Waals surface area contributed by atoms with Gasteiger partial charge >= 0.3 is 0 Å². The predicted octanol–water partition coefficient (Wildman–Crippen LogP) is 2.20. The zero-order chi connectivity index (χ0) is 8.10. The summed E-state index contributed by atoms with van der Waals surface area (Å²) in [5, 5.41) is 0. The van der Waals surface area contributed by atoms with E-state index < -0.39 is 0 Å². The molecule has 0 atom stereocenters. The third kappa shape index (κ3) is 2.66. The van der Waals surface area contributed by atoms with Gasteiger partial charge in [0.25, 0.3) is 0 Å². The van der Waals surface area contributed by atoms with Gasteiger partial charge in [-0.1, -0.05) is 13.3 Å². The van der Waals surface area contributed by atoms with E-state index >= 15 is 0 Å². The maximum absolute atomic E-state index is 5.45. The van der Waals surface area contributed by atoms with Crippen molar-refractivity contribution in [3.05, 3.63) is 18.5 Å². The molecule has 1 rings (SSSR count). The van der Waals surface area contributed by atoms with E-state index in [-0.39, 0.29) is 0 Å². The van der Waals surface area contributed by atoms with Crippen LogP contribution in [0.4, 0.5) is 0 Å². The van der Waals surface area contributed by atoms with Crippen molar-refractivity contribution in [2.75, 3.05) is 6.61 Å². The highest BCUT2D eigenvalue weighted by Crippen LogP contribution is 2.09. The van der Waals surface area contributed by atoms with Crippen molar-refractivity contribution < 1.29 is 4.74 Å². The second-order valence-corrected chi connectivity index (χ2v) is 2.71. The van der Waals surface area contributed by atoms with Gasteiger partial charge in [0.2, 0.25) is 0 Å². The van der Waals surface area contributed by atoms with Crippen molar-refractivity contribution >= 4 is 0 Å². The number of ether oxygens (including phenoxy) is 1. The lowest BCUT2D eigenvalue weighted by Gasteiger charge is -2.00. The molecular weight excluding hydrogens is 138 g/mol. The van der Waals surface area contributed by atoms with Gasteiger partial charge in [-0.2, -0.15) is 0 Å². The normalized spacial score (nSPS) is 10.0. The quantitative estimate of drug-likeness (QED) is 0.605. The molecular formula is C9H15NO. The number of nitrogens with zero attached hydrogens (tertiary/aromatic N) is 1. The van der Waals surface area contributed by atoms with E-state index in [1.165, 1.54) is 6.42 Å². The molecule has 0 fully saturated rings. The summed E-state index contributed by atoms with van der Waals surface area (Å²) in [4.78, 5) is 0. The van der Waals surface area contributed by atoms with Crippen molar-refractivity contribution in [3.63, 3.8) is 0 Å². The van der Waals surface area contributed by atoms with Crippen molar-refractivity contribution in [1.82, 2.24) is 4.57 Å². The van der Waals surface area contributed by atoms with Crippen LogP contribution >= 0.6 is 0 Å². The molecule has 0 spiro atoms. The lowest BCUT2D eigenvalue weighted by Crippen LogP contribution is -1.94. The molecule has 0 aliphatic rings. The summed E-state index contributed by atoms with van der Waals surface area (Å²) in [7, 11) is 1.99. The van der Waals surface area contributed by atoms with Gasteiger partial charge in [0.1, 0.15) is 5.75 Å². The molecule has 0 unspecified atom stereocenters. The van der Waals surface area contributed by atoms with Crippen LogP contribution in [0.15, 0.2) is 18.5 Å². The van der Waals surface area contributed by atoms with Gasteiger partial charge in [0.05, 0.1) is 6.61 Å². The number of hydrogen-bond donors (Lipinski definition) is 0. The molecule has 0 amide bonds. The van der Waals surface area contributed by atoms with Crippen LogP contribution in [0, 0.1) is 0 Å². The highest BCUT2D eigenvalue weighted by molar-refractivity contribution is 5.16. The van der Waals surface area contributed by atoms with E-state index in [2.05, 4.69) is 6.92 Å². The molecule has 2 heteroatoms. The fraction of sp³-hybridized carbons (Fsp3) is 0.556. The molecule has 1 aromatic rings. The summed E-state index contributed by atoms with van der Waals surface area (Å²) in [6.45, 7) is 2.99. The molecule has 0 bridgehead atoms. The molecule has 11 heavy (non-hydrogen) atoms. The Bertz CT molecular complexity index is 205. The molecule has 1 heterocycles. The van der Waals surface area contributed by atoms with Crippen LogP contribution in [-0.2, 0) is 7.05 Å². The van der Waals surface area contributed by atoms with Gasteiger partial charge < -0.3 is 9.30 Å². The van der Waals surface area contributed by atoms with Gasteiger partial charge in [-0.15, -0.1) is 0 Å². The maximum Gasteiger partial charge on any atom is 0.136 e. The van der Waals surface area contributed by atoms with Crippen molar-refractivity contribution in [2.24, 2.45) is 7.05 Å². The summed E-state index contributed by atoms with van der Waals surface area (Å²) in [5.41, 5.74) is 0. The molecule has 0 radical (unpaired) electrons. The molecule has 62 valence electrons. The first-order valence-electron chi connectivity index (χ1n) is 4.07. The highest BCUT2D eigenvalue weighted by atomic mass is 16.5. The van der Waals surface area contributed by atoms with Gasteiger partial charge in [-0.3, -0.25) is 0 Å². The monoisotopic (exact) mass is 153 g/mol. The molecule has 0 N–H and O–H groups in total. The topological polar surface area (TPSA) is 14.2 Å². The predicted molar refractivity (Wildman–Crippen MR) is 45.8 cm³/mol. The molecule has 2 nitrogen and oxygen atoms in total. The maximum atomic E-state index is 5.45. The first-order chi connectivity index (χ1) is 5.33. The Balaban J connectivity index is 2.27. The van der Waals surface area contributed by atoms with E-state index in [0.29, 0.717) is 0 Å². The minimum atomic E-state index is 0.834. The zero-order valence-corrected chi connectivity index (χ0v) is 7.21. The molecule has 0 saturated heterocycles. The number of aryl methyl sites for hydroxylation is 1. The average Bonchev–Trinajstić information content (AvgIpc) is 2.37. The van der Waals surface area contributed by atoms with Crippen molar-refractivity contribution in [1.29, 1.82) is 0 Å². The van der Waals surface area contributed by atoms with E-state index in [9.17, 15) is 0 Å².